The van der Waals surface area contributed by atoms with Crippen molar-refractivity contribution in [1.82, 2.24) is 15.5 Å². The first kappa shape index (κ1) is 30.0. The van der Waals surface area contributed by atoms with Crippen molar-refractivity contribution in [1.29, 1.82) is 0 Å². The molecule has 1 aliphatic carbocycles. The first-order valence-electron chi connectivity index (χ1n) is 13.3. The SMILES string of the molecule is CNC[C@H](CC1CCC(F)(F)CC1)NC(=O)N1CCO[C@H]([C@](O)(CCCCOC)c2cccc(Cl)c2)C1. The van der Waals surface area contributed by atoms with Crippen LogP contribution in [0.4, 0.5) is 13.6 Å². The Hall–Kier alpha value is -1.52. The molecule has 0 unspecified atom stereocenters. The van der Waals surface area contributed by atoms with Gasteiger partial charge in [0.25, 0.3) is 0 Å². The number of hydrogen-bond acceptors (Lipinski definition) is 5. The molecule has 2 amide bonds. The van der Waals surface area contributed by atoms with Gasteiger partial charge in [-0.3, -0.25) is 0 Å². The van der Waals surface area contributed by atoms with E-state index in [0.717, 1.165) is 6.42 Å². The fraction of sp³-hybridized carbons (Fsp3) is 0.741. The minimum atomic E-state index is -2.57. The monoisotopic (exact) mass is 545 g/mol. The van der Waals surface area contributed by atoms with Crippen LogP contribution in [0.1, 0.15) is 56.9 Å². The molecule has 1 aliphatic heterocycles. The number of carbonyl (C=O) groups excluding carboxylic acids is 1. The van der Waals surface area contributed by atoms with Gasteiger partial charge in [0.2, 0.25) is 5.92 Å². The topological polar surface area (TPSA) is 83.1 Å². The summed E-state index contributed by atoms with van der Waals surface area (Å²) >= 11 is 6.24. The molecule has 1 heterocycles. The van der Waals surface area contributed by atoms with Crippen molar-refractivity contribution < 1.29 is 28.2 Å². The van der Waals surface area contributed by atoms with Crippen LogP contribution in [-0.4, -0.2) is 81.1 Å². The molecule has 210 valence electrons. The van der Waals surface area contributed by atoms with E-state index < -0.39 is 17.6 Å². The van der Waals surface area contributed by atoms with Crippen LogP contribution in [-0.2, 0) is 15.1 Å². The largest absolute Gasteiger partial charge is 0.385 e. The van der Waals surface area contributed by atoms with Crippen LogP contribution in [0.2, 0.25) is 5.02 Å². The molecule has 10 heteroatoms. The van der Waals surface area contributed by atoms with Crippen LogP contribution < -0.4 is 10.6 Å². The number of morpholine rings is 1. The summed E-state index contributed by atoms with van der Waals surface area (Å²) in [5, 5.41) is 18.6. The zero-order valence-electron chi connectivity index (χ0n) is 22.0. The van der Waals surface area contributed by atoms with Crippen molar-refractivity contribution >= 4 is 17.6 Å². The number of ether oxygens (including phenoxy) is 2. The average molecular weight is 546 g/mol. The molecular formula is C27H42ClF2N3O4. The number of alkyl halides is 2. The van der Waals surface area contributed by atoms with Gasteiger partial charge in [-0.1, -0.05) is 23.7 Å². The van der Waals surface area contributed by atoms with Crippen LogP contribution in [0.25, 0.3) is 0 Å². The Bertz CT molecular complexity index is 855. The summed E-state index contributed by atoms with van der Waals surface area (Å²) in [6.45, 7) is 2.07. The second kappa shape index (κ2) is 14.0. The van der Waals surface area contributed by atoms with Crippen LogP contribution in [0.15, 0.2) is 24.3 Å². The number of methoxy groups -OCH3 is 1. The molecule has 2 fully saturated rings. The highest BCUT2D eigenvalue weighted by Gasteiger charge is 2.43. The smallest absolute Gasteiger partial charge is 0.317 e. The van der Waals surface area contributed by atoms with Crippen molar-refractivity contribution in [2.45, 2.75) is 75.0 Å². The predicted molar refractivity (Wildman–Crippen MR) is 140 cm³/mol. The Morgan fingerprint density at radius 2 is 2.11 bits per heavy atom. The number of unbranched alkanes of at least 4 members (excludes halogenated alkanes) is 1. The standard InChI is InChI=1S/C27H42ClF2N3O4/c1-31-18-23(16-20-8-11-26(29,30)12-9-20)32-25(34)33-13-15-37-24(19-33)27(35,10-3-4-14-36-2)21-6-5-7-22(28)17-21/h5-7,17,20,23-24,31,35H,3-4,8-16,18-19H2,1-2H3,(H,32,34)/t23-,24-,27-/m0/s1. The van der Waals surface area contributed by atoms with Gasteiger partial charge < -0.3 is 30.1 Å². The molecule has 3 atom stereocenters. The molecule has 1 aromatic rings. The molecule has 7 nitrogen and oxygen atoms in total. The predicted octanol–water partition coefficient (Wildman–Crippen LogP) is 4.56. The van der Waals surface area contributed by atoms with E-state index in [4.69, 9.17) is 21.1 Å². The zero-order chi connectivity index (χ0) is 26.9. The van der Waals surface area contributed by atoms with Gasteiger partial charge in [0.05, 0.1) is 13.2 Å². The molecule has 1 saturated carbocycles. The number of nitrogens with zero attached hydrogens (tertiary/aromatic N) is 1. The molecule has 2 aliphatic rings. The van der Waals surface area contributed by atoms with E-state index in [9.17, 15) is 18.7 Å². The number of carbonyl (C=O) groups is 1. The van der Waals surface area contributed by atoms with Gasteiger partial charge >= 0.3 is 6.03 Å². The Morgan fingerprint density at radius 1 is 1.35 bits per heavy atom. The minimum Gasteiger partial charge on any atom is -0.385 e. The number of nitrogens with one attached hydrogen (secondary N) is 2. The number of rotatable bonds is 12. The molecule has 37 heavy (non-hydrogen) atoms. The molecular weight excluding hydrogens is 504 g/mol. The average Bonchev–Trinajstić information content (AvgIpc) is 2.88. The van der Waals surface area contributed by atoms with E-state index in [1.54, 1.807) is 30.2 Å². The normalized spacial score (nSPS) is 22.9. The van der Waals surface area contributed by atoms with E-state index >= 15 is 0 Å². The lowest BCUT2D eigenvalue weighted by Crippen LogP contribution is -2.58. The Labute approximate surface area is 224 Å². The van der Waals surface area contributed by atoms with Gasteiger partial charge in [-0.2, -0.15) is 0 Å². The van der Waals surface area contributed by atoms with Crippen LogP contribution in [0, 0.1) is 5.92 Å². The number of aliphatic hydroxyl groups is 1. The van der Waals surface area contributed by atoms with Crippen LogP contribution in [0.3, 0.4) is 0 Å². The Morgan fingerprint density at radius 3 is 2.78 bits per heavy atom. The Balaban J connectivity index is 1.66. The van der Waals surface area contributed by atoms with E-state index in [1.165, 1.54) is 0 Å². The van der Waals surface area contributed by atoms with E-state index in [1.807, 2.05) is 13.1 Å². The maximum atomic E-state index is 13.6. The molecule has 0 aromatic heterocycles. The fourth-order valence-electron chi connectivity index (χ4n) is 5.46. The minimum absolute atomic E-state index is 0.0878. The molecule has 3 rings (SSSR count). The quantitative estimate of drug-likeness (QED) is 0.335. The molecule has 0 bridgehead atoms. The molecule has 1 saturated heterocycles. The lowest BCUT2D eigenvalue weighted by atomic mass is 9.82. The summed E-state index contributed by atoms with van der Waals surface area (Å²) in [7, 11) is 3.46. The first-order chi connectivity index (χ1) is 17.7. The lowest BCUT2D eigenvalue weighted by Gasteiger charge is -2.43. The van der Waals surface area contributed by atoms with Gasteiger partial charge in [0.15, 0.2) is 0 Å². The first-order valence-corrected chi connectivity index (χ1v) is 13.7. The molecule has 0 radical (unpaired) electrons. The maximum absolute atomic E-state index is 13.6. The summed E-state index contributed by atoms with van der Waals surface area (Å²) in [5.41, 5.74) is -0.665. The van der Waals surface area contributed by atoms with Crippen molar-refractivity contribution in [2.24, 2.45) is 5.92 Å². The number of urea groups is 1. The number of benzene rings is 1. The highest BCUT2D eigenvalue weighted by molar-refractivity contribution is 6.30. The van der Waals surface area contributed by atoms with Crippen molar-refractivity contribution in [3.05, 3.63) is 34.9 Å². The number of halogens is 3. The molecule has 0 spiro atoms. The lowest BCUT2D eigenvalue weighted by molar-refractivity contribution is -0.146. The van der Waals surface area contributed by atoms with Gasteiger partial charge in [-0.15, -0.1) is 0 Å². The van der Waals surface area contributed by atoms with E-state index in [0.29, 0.717) is 69.0 Å². The van der Waals surface area contributed by atoms with Crippen molar-refractivity contribution in [2.75, 3.05) is 47.0 Å². The highest BCUT2D eigenvalue weighted by atomic mass is 35.5. The third-order valence-corrected chi connectivity index (χ3v) is 7.83. The highest BCUT2D eigenvalue weighted by Crippen LogP contribution is 2.38. The van der Waals surface area contributed by atoms with Gasteiger partial charge in [0.1, 0.15) is 11.7 Å². The summed E-state index contributed by atoms with van der Waals surface area (Å²) in [6.07, 6.45) is 2.73. The van der Waals surface area contributed by atoms with Crippen molar-refractivity contribution in [3.8, 4) is 0 Å². The van der Waals surface area contributed by atoms with E-state index in [-0.39, 0.29) is 37.4 Å². The van der Waals surface area contributed by atoms with Gasteiger partial charge in [0, 0.05) is 50.7 Å². The number of likely N-dealkylation sites (N-methyl/N-ethyl adjacent to an activating group) is 1. The van der Waals surface area contributed by atoms with Gasteiger partial charge in [-0.05, 0) is 69.2 Å². The molecule has 3 N–H and O–H groups in total. The third kappa shape index (κ3) is 8.75. The second-order valence-electron chi connectivity index (χ2n) is 10.4. The summed E-state index contributed by atoms with van der Waals surface area (Å²) in [4.78, 5) is 15.0. The number of hydrogen-bond donors (Lipinski definition) is 3. The Kier molecular flexibility index (Phi) is 11.4. The van der Waals surface area contributed by atoms with Crippen LogP contribution in [0.5, 0.6) is 0 Å². The third-order valence-electron chi connectivity index (χ3n) is 7.60. The van der Waals surface area contributed by atoms with Gasteiger partial charge in [-0.25, -0.2) is 13.6 Å². The second-order valence-corrected chi connectivity index (χ2v) is 10.9. The molecule has 1 aromatic carbocycles. The van der Waals surface area contributed by atoms with E-state index in [2.05, 4.69) is 10.6 Å². The number of amides is 2. The van der Waals surface area contributed by atoms with Crippen LogP contribution >= 0.6 is 11.6 Å². The fourth-order valence-corrected chi connectivity index (χ4v) is 5.65. The maximum Gasteiger partial charge on any atom is 0.317 e. The summed E-state index contributed by atoms with van der Waals surface area (Å²) in [5.74, 6) is -2.40. The summed E-state index contributed by atoms with van der Waals surface area (Å²) < 4.78 is 38.3. The zero-order valence-corrected chi connectivity index (χ0v) is 22.7. The summed E-state index contributed by atoms with van der Waals surface area (Å²) in [6, 6.07) is 6.74. The van der Waals surface area contributed by atoms with Crippen molar-refractivity contribution in [3.63, 3.8) is 0 Å².